The van der Waals surface area contributed by atoms with Gasteiger partial charge >= 0.3 is 11.7 Å². The molecule has 1 heterocycles. The SMILES string of the molecule is COc1cc(/C=N\Nc2ncccc2[N+](=O)[O-])cc(Br)c1OCc1ccc(C(=O)O)cc1. The molecule has 0 bridgehead atoms. The number of benzene rings is 2. The van der Waals surface area contributed by atoms with Crippen LogP contribution in [0.3, 0.4) is 0 Å². The molecule has 11 heteroatoms. The summed E-state index contributed by atoms with van der Waals surface area (Å²) in [4.78, 5) is 25.4. The first-order valence-corrected chi connectivity index (χ1v) is 9.89. The Morgan fingerprint density at radius 2 is 2.06 bits per heavy atom. The summed E-state index contributed by atoms with van der Waals surface area (Å²) in [5, 5.41) is 24.0. The van der Waals surface area contributed by atoms with E-state index in [2.05, 4.69) is 31.4 Å². The van der Waals surface area contributed by atoms with Crippen molar-refractivity contribution in [2.75, 3.05) is 12.5 Å². The Hall–Kier alpha value is -3.99. The number of pyridine rings is 1. The second-order valence-electron chi connectivity index (χ2n) is 6.32. The lowest BCUT2D eigenvalue weighted by atomic mass is 10.1. The van der Waals surface area contributed by atoms with Crippen LogP contribution in [-0.2, 0) is 6.61 Å². The summed E-state index contributed by atoms with van der Waals surface area (Å²) in [6.07, 6.45) is 2.88. The van der Waals surface area contributed by atoms with Gasteiger partial charge in [0.1, 0.15) is 6.61 Å². The number of aromatic carboxylic acids is 1. The lowest BCUT2D eigenvalue weighted by molar-refractivity contribution is -0.384. The fraction of sp³-hybridized carbons (Fsp3) is 0.0952. The third-order valence-corrected chi connectivity index (χ3v) is 4.79. The number of ether oxygens (including phenoxy) is 2. The summed E-state index contributed by atoms with van der Waals surface area (Å²) in [6.45, 7) is 0.202. The van der Waals surface area contributed by atoms with Gasteiger partial charge in [-0.25, -0.2) is 9.78 Å². The molecule has 0 amide bonds. The number of nitrogens with one attached hydrogen (secondary N) is 1. The minimum Gasteiger partial charge on any atom is -0.493 e. The molecule has 164 valence electrons. The lowest BCUT2D eigenvalue weighted by Gasteiger charge is -2.13. The zero-order chi connectivity index (χ0) is 23.1. The van der Waals surface area contributed by atoms with Crippen molar-refractivity contribution < 1.29 is 24.3 Å². The molecule has 2 aromatic carbocycles. The van der Waals surface area contributed by atoms with Gasteiger partial charge in [0.2, 0.25) is 5.82 Å². The van der Waals surface area contributed by atoms with Crippen LogP contribution in [0.2, 0.25) is 0 Å². The number of anilines is 1. The van der Waals surface area contributed by atoms with Crippen molar-refractivity contribution in [3.63, 3.8) is 0 Å². The minimum atomic E-state index is -0.994. The number of carbonyl (C=O) groups is 1. The van der Waals surface area contributed by atoms with Crippen molar-refractivity contribution in [1.82, 2.24) is 4.98 Å². The van der Waals surface area contributed by atoms with Crippen molar-refractivity contribution in [2.45, 2.75) is 6.61 Å². The highest BCUT2D eigenvalue weighted by atomic mass is 79.9. The first kappa shape index (κ1) is 22.7. The predicted molar refractivity (Wildman–Crippen MR) is 121 cm³/mol. The van der Waals surface area contributed by atoms with Crippen LogP contribution in [0, 0.1) is 10.1 Å². The van der Waals surface area contributed by atoms with Crippen LogP contribution in [0.25, 0.3) is 0 Å². The van der Waals surface area contributed by atoms with Gasteiger partial charge in [0.15, 0.2) is 11.5 Å². The van der Waals surface area contributed by atoms with Crippen LogP contribution < -0.4 is 14.9 Å². The smallest absolute Gasteiger partial charge is 0.335 e. The summed E-state index contributed by atoms with van der Waals surface area (Å²) >= 11 is 3.44. The van der Waals surface area contributed by atoms with E-state index in [9.17, 15) is 14.9 Å². The Labute approximate surface area is 190 Å². The van der Waals surface area contributed by atoms with Crippen LogP contribution in [0.15, 0.2) is 64.3 Å². The molecule has 3 rings (SSSR count). The standard InChI is InChI=1S/C21H17BrN4O6/c1-31-18-10-14(11-24-25-20-17(26(29)30)3-2-8-23-20)9-16(22)19(18)32-12-13-4-6-15(7-5-13)21(27)28/h2-11H,12H2,1H3,(H,23,25)(H,27,28)/b24-11-. The molecule has 0 saturated heterocycles. The van der Waals surface area contributed by atoms with Gasteiger partial charge in [-0.05, 0) is 57.4 Å². The highest BCUT2D eigenvalue weighted by Gasteiger charge is 2.14. The second-order valence-corrected chi connectivity index (χ2v) is 7.18. The molecule has 0 unspecified atom stereocenters. The number of hydrazone groups is 1. The second kappa shape index (κ2) is 10.4. The average molecular weight is 501 g/mol. The van der Waals surface area contributed by atoms with Crippen molar-refractivity contribution >= 4 is 39.6 Å². The number of hydrogen-bond donors (Lipinski definition) is 2. The van der Waals surface area contributed by atoms with E-state index in [0.717, 1.165) is 5.56 Å². The highest BCUT2D eigenvalue weighted by Crippen LogP contribution is 2.37. The van der Waals surface area contributed by atoms with Crippen molar-refractivity contribution in [3.05, 3.63) is 86.0 Å². The lowest BCUT2D eigenvalue weighted by Crippen LogP contribution is -2.01. The van der Waals surface area contributed by atoms with Crippen molar-refractivity contribution in [1.29, 1.82) is 0 Å². The topological polar surface area (TPSA) is 136 Å². The molecule has 10 nitrogen and oxygen atoms in total. The summed E-state index contributed by atoms with van der Waals surface area (Å²) in [5.74, 6) is -0.0768. The number of rotatable bonds is 9. The van der Waals surface area contributed by atoms with E-state index in [0.29, 0.717) is 21.5 Å². The number of halogens is 1. The van der Waals surface area contributed by atoms with Gasteiger partial charge in [0.05, 0.1) is 28.3 Å². The van der Waals surface area contributed by atoms with Gasteiger partial charge in [0, 0.05) is 12.3 Å². The van der Waals surface area contributed by atoms with Gasteiger partial charge < -0.3 is 14.6 Å². The maximum atomic E-state index is 11.0. The van der Waals surface area contributed by atoms with Crippen LogP contribution >= 0.6 is 15.9 Å². The van der Waals surface area contributed by atoms with Crippen LogP contribution in [0.5, 0.6) is 11.5 Å². The highest BCUT2D eigenvalue weighted by molar-refractivity contribution is 9.10. The summed E-state index contributed by atoms with van der Waals surface area (Å²) < 4.78 is 11.9. The Morgan fingerprint density at radius 1 is 1.31 bits per heavy atom. The fourth-order valence-electron chi connectivity index (χ4n) is 2.65. The fourth-order valence-corrected chi connectivity index (χ4v) is 3.23. The molecule has 0 aliphatic heterocycles. The predicted octanol–water partition coefficient (Wildman–Crippen LogP) is 4.48. The number of aromatic nitrogens is 1. The van der Waals surface area contributed by atoms with Gasteiger partial charge in [-0.3, -0.25) is 15.5 Å². The number of hydrogen-bond acceptors (Lipinski definition) is 8. The molecule has 0 fully saturated rings. The number of carboxylic acid groups (broad SMARTS) is 1. The van der Waals surface area contributed by atoms with E-state index in [1.54, 1.807) is 24.3 Å². The Morgan fingerprint density at radius 3 is 2.72 bits per heavy atom. The molecule has 0 radical (unpaired) electrons. The number of methoxy groups -OCH3 is 1. The van der Waals surface area contributed by atoms with Crippen LogP contribution in [-0.4, -0.2) is 34.3 Å². The molecule has 2 N–H and O–H groups in total. The molecule has 32 heavy (non-hydrogen) atoms. The summed E-state index contributed by atoms with van der Waals surface area (Å²) in [7, 11) is 1.49. The van der Waals surface area contributed by atoms with Gasteiger partial charge in [-0.2, -0.15) is 5.10 Å². The van der Waals surface area contributed by atoms with E-state index in [1.165, 1.54) is 43.8 Å². The molecule has 0 aliphatic carbocycles. The minimum absolute atomic E-state index is 0.0219. The van der Waals surface area contributed by atoms with E-state index >= 15 is 0 Å². The number of nitrogens with zero attached hydrogens (tertiary/aromatic N) is 3. The molecule has 3 aromatic rings. The molecule has 0 spiro atoms. The third kappa shape index (κ3) is 5.58. The Balaban J connectivity index is 1.72. The molecular weight excluding hydrogens is 484 g/mol. The Kier molecular flexibility index (Phi) is 7.34. The monoisotopic (exact) mass is 500 g/mol. The number of nitro groups is 1. The van der Waals surface area contributed by atoms with Crippen molar-refractivity contribution in [3.8, 4) is 11.5 Å². The van der Waals surface area contributed by atoms with Crippen LogP contribution in [0.4, 0.5) is 11.5 Å². The molecule has 0 saturated carbocycles. The first-order chi connectivity index (χ1) is 15.4. The quantitative estimate of drug-likeness (QED) is 0.249. The zero-order valence-electron chi connectivity index (χ0n) is 16.7. The molecular formula is C21H17BrN4O6. The maximum Gasteiger partial charge on any atom is 0.335 e. The molecule has 0 atom stereocenters. The third-order valence-electron chi connectivity index (χ3n) is 4.20. The average Bonchev–Trinajstić information content (AvgIpc) is 2.78. The zero-order valence-corrected chi connectivity index (χ0v) is 18.3. The number of carboxylic acids is 1. The molecule has 1 aromatic heterocycles. The van der Waals surface area contributed by atoms with E-state index in [4.69, 9.17) is 14.6 Å². The van der Waals surface area contributed by atoms with Crippen molar-refractivity contribution in [2.24, 2.45) is 5.10 Å². The van der Waals surface area contributed by atoms with Gasteiger partial charge in [-0.1, -0.05) is 12.1 Å². The van der Waals surface area contributed by atoms with E-state index in [1.807, 2.05) is 0 Å². The maximum absolute atomic E-state index is 11.0. The largest absolute Gasteiger partial charge is 0.493 e. The first-order valence-electron chi connectivity index (χ1n) is 9.10. The van der Waals surface area contributed by atoms with E-state index < -0.39 is 10.9 Å². The Bertz CT molecular complexity index is 1170. The van der Waals surface area contributed by atoms with E-state index in [-0.39, 0.29) is 23.7 Å². The van der Waals surface area contributed by atoms with Gasteiger partial charge in [0.25, 0.3) is 0 Å². The van der Waals surface area contributed by atoms with Crippen LogP contribution in [0.1, 0.15) is 21.5 Å². The summed E-state index contributed by atoms with van der Waals surface area (Å²) in [6, 6.07) is 12.6. The normalized spacial score (nSPS) is 10.7. The van der Waals surface area contributed by atoms with Gasteiger partial charge in [-0.15, -0.1) is 0 Å². The summed E-state index contributed by atoms with van der Waals surface area (Å²) in [5.41, 5.74) is 3.99. The molecule has 0 aliphatic rings.